The first-order valence-electron chi connectivity index (χ1n) is 2.90. The van der Waals surface area contributed by atoms with Crippen molar-refractivity contribution in [3.8, 4) is 0 Å². The van der Waals surface area contributed by atoms with Crippen molar-refractivity contribution in [2.24, 2.45) is 4.99 Å². The van der Waals surface area contributed by atoms with E-state index in [1.165, 1.54) is 11.3 Å². The Morgan fingerprint density at radius 2 is 2.60 bits per heavy atom. The van der Waals surface area contributed by atoms with Gasteiger partial charge in [-0.3, -0.25) is 4.99 Å². The number of thiazole rings is 1. The van der Waals surface area contributed by atoms with Gasteiger partial charge in [0, 0.05) is 5.38 Å². The maximum Gasteiger partial charge on any atom is 0.180 e. The molecule has 1 rings (SSSR count). The Balaban J connectivity index is 2.84. The molecule has 4 heteroatoms. The highest BCUT2D eigenvalue weighted by Crippen LogP contribution is 2.19. The van der Waals surface area contributed by atoms with Crippen LogP contribution in [0.1, 0.15) is 18.7 Å². The molecule has 1 aromatic rings. The zero-order valence-electron chi connectivity index (χ0n) is 5.74. The third kappa shape index (κ3) is 1.33. The SMILES string of the molecule is C=NC(C)c1csc(N)n1. The van der Waals surface area contributed by atoms with Crippen LogP contribution in [0.2, 0.25) is 0 Å². The standard InChI is InChI=1S/C6H9N3S/c1-4(8-2)5-3-10-6(7)9-5/h3-4H,2H2,1H3,(H2,7,9). The molecule has 0 saturated carbocycles. The highest BCUT2D eigenvalue weighted by Gasteiger charge is 2.04. The number of aromatic nitrogens is 1. The molecule has 1 unspecified atom stereocenters. The molecule has 54 valence electrons. The van der Waals surface area contributed by atoms with Gasteiger partial charge in [0.15, 0.2) is 5.13 Å². The molecule has 0 aromatic carbocycles. The second-order valence-electron chi connectivity index (χ2n) is 1.97. The molecule has 0 amide bonds. The molecule has 0 fully saturated rings. The summed E-state index contributed by atoms with van der Waals surface area (Å²) in [6.07, 6.45) is 0. The van der Waals surface area contributed by atoms with Crippen LogP contribution in [-0.4, -0.2) is 11.7 Å². The zero-order chi connectivity index (χ0) is 7.56. The van der Waals surface area contributed by atoms with E-state index in [2.05, 4.69) is 16.7 Å². The van der Waals surface area contributed by atoms with E-state index in [-0.39, 0.29) is 6.04 Å². The summed E-state index contributed by atoms with van der Waals surface area (Å²) in [7, 11) is 0. The van der Waals surface area contributed by atoms with Crippen LogP contribution in [0.5, 0.6) is 0 Å². The average molecular weight is 155 g/mol. The summed E-state index contributed by atoms with van der Waals surface area (Å²) in [5.74, 6) is 0. The Kier molecular flexibility index (Phi) is 2.01. The summed E-state index contributed by atoms with van der Waals surface area (Å²) in [6, 6.07) is 0.0635. The lowest BCUT2D eigenvalue weighted by atomic mass is 10.3. The third-order valence-electron chi connectivity index (χ3n) is 1.24. The van der Waals surface area contributed by atoms with Crippen molar-refractivity contribution >= 4 is 23.2 Å². The minimum absolute atomic E-state index is 0.0635. The Morgan fingerprint density at radius 3 is 3.00 bits per heavy atom. The molecule has 1 heterocycles. The van der Waals surface area contributed by atoms with Crippen LogP contribution in [-0.2, 0) is 0 Å². The van der Waals surface area contributed by atoms with E-state index in [1.807, 2.05) is 12.3 Å². The van der Waals surface area contributed by atoms with Crippen LogP contribution in [0.4, 0.5) is 5.13 Å². The Labute approximate surface area is 63.6 Å². The number of rotatable bonds is 2. The molecule has 0 spiro atoms. The van der Waals surface area contributed by atoms with E-state index in [0.29, 0.717) is 5.13 Å². The average Bonchev–Trinajstić information content (AvgIpc) is 2.34. The smallest absolute Gasteiger partial charge is 0.180 e. The monoisotopic (exact) mass is 155 g/mol. The molecule has 0 radical (unpaired) electrons. The predicted octanol–water partition coefficient (Wildman–Crippen LogP) is 1.49. The van der Waals surface area contributed by atoms with Crippen molar-refractivity contribution in [2.75, 3.05) is 5.73 Å². The number of nitrogen functional groups attached to an aromatic ring is 1. The van der Waals surface area contributed by atoms with Crippen LogP contribution < -0.4 is 5.73 Å². The molecular weight excluding hydrogens is 146 g/mol. The van der Waals surface area contributed by atoms with Gasteiger partial charge in [0.05, 0.1) is 11.7 Å². The normalized spacial score (nSPS) is 12.9. The fourth-order valence-electron chi connectivity index (χ4n) is 0.586. The summed E-state index contributed by atoms with van der Waals surface area (Å²) in [5.41, 5.74) is 6.32. The summed E-state index contributed by atoms with van der Waals surface area (Å²) in [5, 5.41) is 2.49. The van der Waals surface area contributed by atoms with Gasteiger partial charge >= 0.3 is 0 Å². The molecule has 0 aliphatic rings. The van der Waals surface area contributed by atoms with Crippen molar-refractivity contribution < 1.29 is 0 Å². The predicted molar refractivity (Wildman–Crippen MR) is 44.5 cm³/mol. The molecule has 10 heavy (non-hydrogen) atoms. The second kappa shape index (κ2) is 2.79. The second-order valence-corrected chi connectivity index (χ2v) is 2.86. The largest absolute Gasteiger partial charge is 0.375 e. The van der Waals surface area contributed by atoms with Crippen LogP contribution in [0, 0.1) is 0 Å². The van der Waals surface area contributed by atoms with E-state index in [9.17, 15) is 0 Å². The molecule has 3 nitrogen and oxygen atoms in total. The van der Waals surface area contributed by atoms with Gasteiger partial charge in [-0.15, -0.1) is 11.3 Å². The van der Waals surface area contributed by atoms with Crippen LogP contribution in [0.15, 0.2) is 10.4 Å². The lowest BCUT2D eigenvalue weighted by Crippen LogP contribution is -1.89. The maximum absolute atomic E-state index is 5.42. The van der Waals surface area contributed by atoms with Crippen LogP contribution in [0.25, 0.3) is 0 Å². The van der Waals surface area contributed by atoms with Gasteiger partial charge in [-0.05, 0) is 13.6 Å². The van der Waals surface area contributed by atoms with Crippen molar-refractivity contribution in [1.29, 1.82) is 0 Å². The van der Waals surface area contributed by atoms with Crippen molar-refractivity contribution in [2.45, 2.75) is 13.0 Å². The van der Waals surface area contributed by atoms with E-state index in [0.717, 1.165) is 5.69 Å². The highest BCUT2D eigenvalue weighted by molar-refractivity contribution is 7.13. The minimum atomic E-state index is 0.0635. The molecule has 0 aliphatic carbocycles. The first-order valence-corrected chi connectivity index (χ1v) is 3.78. The summed E-state index contributed by atoms with van der Waals surface area (Å²) >= 11 is 1.43. The number of hydrogen-bond acceptors (Lipinski definition) is 4. The molecule has 0 aliphatic heterocycles. The summed E-state index contributed by atoms with van der Waals surface area (Å²) in [6.45, 7) is 5.35. The van der Waals surface area contributed by atoms with Gasteiger partial charge in [0.25, 0.3) is 0 Å². The quantitative estimate of drug-likeness (QED) is 0.658. The van der Waals surface area contributed by atoms with Gasteiger partial charge in [0.2, 0.25) is 0 Å². The first-order chi connectivity index (χ1) is 4.74. The highest BCUT2D eigenvalue weighted by atomic mass is 32.1. The Morgan fingerprint density at radius 1 is 1.90 bits per heavy atom. The Bertz CT molecular complexity index is 231. The third-order valence-corrected chi connectivity index (χ3v) is 1.93. The van der Waals surface area contributed by atoms with Crippen molar-refractivity contribution in [3.05, 3.63) is 11.1 Å². The first kappa shape index (κ1) is 7.21. The molecule has 0 bridgehead atoms. The molecule has 1 aromatic heterocycles. The van der Waals surface area contributed by atoms with Crippen LogP contribution in [0.3, 0.4) is 0 Å². The van der Waals surface area contributed by atoms with Crippen molar-refractivity contribution in [3.63, 3.8) is 0 Å². The summed E-state index contributed by atoms with van der Waals surface area (Å²) in [4.78, 5) is 7.85. The Hall–Kier alpha value is -0.900. The van der Waals surface area contributed by atoms with Crippen molar-refractivity contribution in [1.82, 2.24) is 4.98 Å². The maximum atomic E-state index is 5.42. The van der Waals surface area contributed by atoms with E-state index in [1.54, 1.807) is 0 Å². The fourth-order valence-corrected chi connectivity index (χ4v) is 1.24. The lowest BCUT2D eigenvalue weighted by molar-refractivity contribution is 0.800. The molecule has 1 atom stereocenters. The van der Waals surface area contributed by atoms with Gasteiger partial charge in [-0.2, -0.15) is 0 Å². The number of aliphatic imine (C=N–C) groups is 1. The number of anilines is 1. The van der Waals surface area contributed by atoms with Gasteiger partial charge < -0.3 is 5.73 Å². The van der Waals surface area contributed by atoms with E-state index in [4.69, 9.17) is 5.73 Å². The minimum Gasteiger partial charge on any atom is -0.375 e. The number of nitrogens with two attached hydrogens (primary N) is 1. The summed E-state index contributed by atoms with van der Waals surface area (Å²) < 4.78 is 0. The van der Waals surface area contributed by atoms with Gasteiger partial charge in [-0.1, -0.05) is 0 Å². The topological polar surface area (TPSA) is 51.3 Å². The fraction of sp³-hybridized carbons (Fsp3) is 0.333. The van der Waals surface area contributed by atoms with E-state index < -0.39 is 0 Å². The van der Waals surface area contributed by atoms with Crippen LogP contribution >= 0.6 is 11.3 Å². The molecule has 0 saturated heterocycles. The lowest BCUT2D eigenvalue weighted by Gasteiger charge is -1.97. The number of nitrogens with zero attached hydrogens (tertiary/aromatic N) is 2. The molecule has 2 N–H and O–H groups in total. The van der Waals surface area contributed by atoms with Gasteiger partial charge in [-0.25, -0.2) is 4.98 Å². The number of hydrogen-bond donors (Lipinski definition) is 1. The van der Waals surface area contributed by atoms with Gasteiger partial charge in [0.1, 0.15) is 0 Å². The van der Waals surface area contributed by atoms with E-state index >= 15 is 0 Å². The molecular formula is C6H9N3S. The zero-order valence-corrected chi connectivity index (χ0v) is 6.56.